The summed E-state index contributed by atoms with van der Waals surface area (Å²) in [5.41, 5.74) is 1.16. The quantitative estimate of drug-likeness (QED) is 0.876. The molecule has 0 spiro atoms. The van der Waals surface area contributed by atoms with Crippen molar-refractivity contribution in [2.24, 2.45) is 0 Å². The van der Waals surface area contributed by atoms with E-state index in [0.717, 1.165) is 0 Å². The Balaban J connectivity index is 2.90. The van der Waals surface area contributed by atoms with Crippen molar-refractivity contribution in [3.63, 3.8) is 0 Å². The number of carbonyl (C=O) groups is 1. The van der Waals surface area contributed by atoms with Gasteiger partial charge in [-0.2, -0.15) is 5.26 Å². The minimum absolute atomic E-state index is 0.0356. The third-order valence-electron chi connectivity index (χ3n) is 2.40. The number of nitriles is 1. The molecule has 1 aromatic carbocycles. The van der Waals surface area contributed by atoms with Gasteiger partial charge in [0.25, 0.3) is 0 Å². The second-order valence-electron chi connectivity index (χ2n) is 3.62. The second-order valence-corrected chi connectivity index (χ2v) is 4.48. The fraction of sp³-hybridized carbons (Fsp3) is 0.333. The van der Waals surface area contributed by atoms with Crippen LogP contribution in [0, 0.1) is 11.3 Å². The molecule has 4 nitrogen and oxygen atoms in total. The number of nitrogens with zero attached hydrogens (tertiary/aromatic N) is 1. The predicted octanol–water partition coefficient (Wildman–Crippen LogP) is 2.99. The Labute approximate surface area is 108 Å². The molecule has 1 atom stereocenters. The summed E-state index contributed by atoms with van der Waals surface area (Å²) in [7, 11) is 0. The van der Waals surface area contributed by atoms with Gasteiger partial charge in [-0.05, 0) is 34.5 Å². The van der Waals surface area contributed by atoms with Gasteiger partial charge < -0.3 is 10.4 Å². The van der Waals surface area contributed by atoms with E-state index in [0.29, 0.717) is 22.1 Å². The average molecular weight is 297 g/mol. The Morgan fingerprint density at radius 2 is 2.35 bits per heavy atom. The lowest BCUT2D eigenvalue weighted by Gasteiger charge is -2.17. The molecule has 0 aliphatic heterocycles. The molecule has 1 aromatic rings. The number of carboxylic acid groups (broad SMARTS) is 1. The zero-order valence-electron chi connectivity index (χ0n) is 9.40. The van der Waals surface area contributed by atoms with E-state index in [-0.39, 0.29) is 12.5 Å². The number of hydrogen-bond acceptors (Lipinski definition) is 3. The Bertz CT molecular complexity index is 454. The highest BCUT2D eigenvalue weighted by atomic mass is 79.9. The van der Waals surface area contributed by atoms with Crippen LogP contribution in [0.1, 0.15) is 25.3 Å². The summed E-state index contributed by atoms with van der Waals surface area (Å²) in [6.07, 6.45) is 0.720. The minimum Gasteiger partial charge on any atom is -0.481 e. The highest BCUT2D eigenvalue weighted by Gasteiger charge is 2.13. The van der Waals surface area contributed by atoms with Crippen molar-refractivity contribution in [3.05, 3.63) is 28.2 Å². The maximum Gasteiger partial charge on any atom is 0.305 e. The van der Waals surface area contributed by atoms with Gasteiger partial charge in [-0.3, -0.25) is 4.79 Å². The molecule has 2 N–H and O–H groups in total. The zero-order chi connectivity index (χ0) is 12.8. The number of hydrogen-bond donors (Lipinski definition) is 2. The van der Waals surface area contributed by atoms with Crippen molar-refractivity contribution in [3.8, 4) is 6.07 Å². The van der Waals surface area contributed by atoms with Crippen molar-refractivity contribution >= 4 is 27.6 Å². The first-order valence-corrected chi connectivity index (χ1v) is 6.04. The molecule has 0 radical (unpaired) electrons. The molecule has 0 aliphatic carbocycles. The minimum atomic E-state index is -0.849. The third kappa shape index (κ3) is 3.75. The predicted molar refractivity (Wildman–Crippen MR) is 68.8 cm³/mol. The number of carboxylic acids is 1. The third-order valence-corrected chi connectivity index (χ3v) is 3.06. The molecule has 1 rings (SSSR count). The van der Waals surface area contributed by atoms with Crippen molar-refractivity contribution in [1.82, 2.24) is 0 Å². The molecular weight excluding hydrogens is 284 g/mol. The van der Waals surface area contributed by atoms with Crippen molar-refractivity contribution in [1.29, 1.82) is 5.26 Å². The number of nitrogens with one attached hydrogen (secondary N) is 1. The Hall–Kier alpha value is -1.54. The van der Waals surface area contributed by atoms with E-state index in [1.54, 1.807) is 18.2 Å². The van der Waals surface area contributed by atoms with Gasteiger partial charge in [0.05, 0.1) is 17.7 Å². The van der Waals surface area contributed by atoms with Crippen molar-refractivity contribution in [2.75, 3.05) is 5.32 Å². The fourth-order valence-corrected chi connectivity index (χ4v) is 1.94. The van der Waals surface area contributed by atoms with Crippen molar-refractivity contribution in [2.45, 2.75) is 25.8 Å². The molecule has 90 valence electrons. The smallest absolute Gasteiger partial charge is 0.305 e. The van der Waals surface area contributed by atoms with E-state index >= 15 is 0 Å². The Morgan fingerprint density at radius 3 is 2.88 bits per heavy atom. The molecule has 1 unspecified atom stereocenters. The maximum atomic E-state index is 10.7. The van der Waals surface area contributed by atoms with Crippen LogP contribution in [0.3, 0.4) is 0 Å². The first kappa shape index (κ1) is 13.5. The van der Waals surface area contributed by atoms with Crippen LogP contribution in [0.5, 0.6) is 0 Å². The molecular formula is C12H13BrN2O2. The molecule has 0 saturated heterocycles. The number of rotatable bonds is 5. The van der Waals surface area contributed by atoms with Crippen LogP contribution >= 0.6 is 15.9 Å². The number of halogens is 1. The SMILES string of the molecule is CCC(CC(=O)O)Nc1cccc(Br)c1C#N. The molecule has 0 fully saturated rings. The summed E-state index contributed by atoms with van der Waals surface area (Å²) >= 11 is 3.29. The fourth-order valence-electron chi connectivity index (χ4n) is 1.49. The van der Waals surface area contributed by atoms with Crippen LogP contribution in [0.2, 0.25) is 0 Å². The van der Waals surface area contributed by atoms with E-state index in [2.05, 4.69) is 27.3 Å². The Kier molecular flexibility index (Phi) is 4.98. The summed E-state index contributed by atoms with van der Waals surface area (Å²) in [6.45, 7) is 1.91. The van der Waals surface area contributed by atoms with Crippen LogP contribution in [0.4, 0.5) is 5.69 Å². The molecule has 0 bridgehead atoms. The topological polar surface area (TPSA) is 73.1 Å². The number of anilines is 1. The van der Waals surface area contributed by atoms with E-state index < -0.39 is 5.97 Å². The van der Waals surface area contributed by atoms with Gasteiger partial charge >= 0.3 is 5.97 Å². The molecule has 0 saturated carbocycles. The average Bonchev–Trinajstić information content (AvgIpc) is 2.28. The highest BCUT2D eigenvalue weighted by molar-refractivity contribution is 9.10. The van der Waals surface area contributed by atoms with Crippen LogP contribution < -0.4 is 5.32 Å². The van der Waals surface area contributed by atoms with Gasteiger partial charge in [0.2, 0.25) is 0 Å². The van der Waals surface area contributed by atoms with Gasteiger partial charge in [0.15, 0.2) is 0 Å². The van der Waals surface area contributed by atoms with Crippen LogP contribution in [0.25, 0.3) is 0 Å². The van der Waals surface area contributed by atoms with Gasteiger partial charge in [0.1, 0.15) is 6.07 Å². The highest BCUT2D eigenvalue weighted by Crippen LogP contribution is 2.25. The van der Waals surface area contributed by atoms with Gasteiger partial charge in [-0.15, -0.1) is 0 Å². The summed E-state index contributed by atoms with van der Waals surface area (Å²) in [6, 6.07) is 7.28. The van der Waals surface area contributed by atoms with Crippen molar-refractivity contribution < 1.29 is 9.90 Å². The number of aliphatic carboxylic acids is 1. The lowest BCUT2D eigenvalue weighted by Crippen LogP contribution is -2.22. The Morgan fingerprint density at radius 1 is 1.65 bits per heavy atom. The van der Waals surface area contributed by atoms with E-state index in [1.165, 1.54) is 0 Å². The standard InChI is InChI=1S/C12H13BrN2O2/c1-2-8(6-12(16)17)15-11-5-3-4-10(13)9(11)7-14/h3-5,8,15H,2,6H2,1H3,(H,16,17). The molecule has 5 heteroatoms. The monoisotopic (exact) mass is 296 g/mol. The van der Waals surface area contributed by atoms with Gasteiger partial charge in [-0.25, -0.2) is 0 Å². The normalized spacial score (nSPS) is 11.6. The molecule has 0 heterocycles. The molecule has 17 heavy (non-hydrogen) atoms. The lowest BCUT2D eigenvalue weighted by atomic mass is 10.1. The van der Waals surface area contributed by atoms with Crippen LogP contribution in [0.15, 0.2) is 22.7 Å². The van der Waals surface area contributed by atoms with E-state index in [4.69, 9.17) is 10.4 Å². The molecule has 0 aromatic heterocycles. The zero-order valence-corrected chi connectivity index (χ0v) is 11.0. The van der Waals surface area contributed by atoms with Gasteiger partial charge in [-0.1, -0.05) is 13.0 Å². The summed E-state index contributed by atoms with van der Waals surface area (Å²) in [4.78, 5) is 10.7. The summed E-state index contributed by atoms with van der Waals surface area (Å²) in [5.74, 6) is -0.849. The van der Waals surface area contributed by atoms with E-state index in [9.17, 15) is 4.79 Å². The van der Waals surface area contributed by atoms with Crippen LogP contribution in [-0.2, 0) is 4.79 Å². The second kappa shape index (κ2) is 6.26. The summed E-state index contributed by atoms with van der Waals surface area (Å²) in [5, 5.41) is 20.9. The largest absolute Gasteiger partial charge is 0.481 e. The number of benzene rings is 1. The maximum absolute atomic E-state index is 10.7. The van der Waals surface area contributed by atoms with E-state index in [1.807, 2.05) is 6.92 Å². The lowest BCUT2D eigenvalue weighted by molar-refractivity contribution is -0.137. The molecule has 0 amide bonds. The first-order valence-electron chi connectivity index (χ1n) is 5.25. The molecule has 0 aliphatic rings. The summed E-state index contributed by atoms with van der Waals surface area (Å²) < 4.78 is 0.704. The van der Waals surface area contributed by atoms with Gasteiger partial charge in [0, 0.05) is 10.5 Å². The first-order chi connectivity index (χ1) is 8.08. The van der Waals surface area contributed by atoms with Crippen LogP contribution in [-0.4, -0.2) is 17.1 Å².